The Balaban J connectivity index is 1.38. The summed E-state index contributed by atoms with van der Waals surface area (Å²) in [6, 6.07) is 43.6. The minimum atomic E-state index is -1.66. The van der Waals surface area contributed by atoms with E-state index in [9.17, 15) is 24.0 Å². The Hall–Kier alpha value is -7.77. The smallest absolute Gasteiger partial charge is 0.338 e. The van der Waals surface area contributed by atoms with Gasteiger partial charge in [0.2, 0.25) is 12.4 Å². The lowest BCUT2D eigenvalue weighted by atomic mass is 9.94. The van der Waals surface area contributed by atoms with Crippen molar-refractivity contribution < 1.29 is 61.9 Å². The predicted octanol–water partition coefficient (Wildman–Crippen LogP) is 8.68. The summed E-state index contributed by atoms with van der Waals surface area (Å²) in [6.45, 7) is 4.61. The second-order valence-electron chi connectivity index (χ2n) is 15.5. The molecule has 0 radical (unpaired) electrons. The van der Waals surface area contributed by atoms with Gasteiger partial charge in [-0.25, -0.2) is 19.2 Å². The normalized spacial score (nSPS) is 18.2. The number of ether oxygens (including phenoxy) is 8. The van der Waals surface area contributed by atoms with Gasteiger partial charge in [-0.1, -0.05) is 91.0 Å². The number of benzene rings is 6. The van der Waals surface area contributed by atoms with Crippen LogP contribution >= 0.6 is 0 Å². The topological polar surface area (TPSA) is 159 Å². The Morgan fingerprint density at radius 1 is 0.576 bits per heavy atom. The van der Waals surface area contributed by atoms with Gasteiger partial charge in [0.15, 0.2) is 12.2 Å². The van der Waals surface area contributed by atoms with E-state index in [-0.39, 0.29) is 34.6 Å². The molecular formula is C53H48O13. The van der Waals surface area contributed by atoms with Crippen molar-refractivity contribution in [2.45, 2.75) is 70.6 Å². The highest BCUT2D eigenvalue weighted by atomic mass is 16.7. The van der Waals surface area contributed by atoms with Crippen LogP contribution in [0, 0.1) is 6.92 Å². The van der Waals surface area contributed by atoms with Crippen molar-refractivity contribution in [2.24, 2.45) is 0 Å². The molecule has 1 fully saturated rings. The highest BCUT2D eigenvalue weighted by Gasteiger charge is 2.56. The molecule has 0 aliphatic carbocycles. The average molecular weight is 893 g/mol. The molecule has 1 aliphatic rings. The summed E-state index contributed by atoms with van der Waals surface area (Å²) in [5.41, 5.74) is 3.55. The second-order valence-corrected chi connectivity index (χ2v) is 15.5. The van der Waals surface area contributed by atoms with Crippen molar-refractivity contribution in [2.75, 3.05) is 7.11 Å². The molecule has 0 unspecified atom stereocenters. The van der Waals surface area contributed by atoms with Gasteiger partial charge in [-0.15, -0.1) is 0 Å². The van der Waals surface area contributed by atoms with Gasteiger partial charge in [0.1, 0.15) is 30.3 Å². The minimum absolute atomic E-state index is 0.1000. The molecule has 6 aromatic rings. The molecule has 1 saturated heterocycles. The lowest BCUT2D eigenvalue weighted by Gasteiger charge is -2.45. The maximum Gasteiger partial charge on any atom is 0.338 e. The van der Waals surface area contributed by atoms with E-state index < -0.39 is 66.7 Å². The average Bonchev–Trinajstić information content (AvgIpc) is 3.34. The number of rotatable bonds is 16. The van der Waals surface area contributed by atoms with Gasteiger partial charge in [0.25, 0.3) is 0 Å². The fraction of sp³-hybridized carbons (Fsp3) is 0.226. The number of methoxy groups -OCH3 is 1. The predicted molar refractivity (Wildman–Crippen MR) is 240 cm³/mol. The Morgan fingerprint density at radius 2 is 1.05 bits per heavy atom. The van der Waals surface area contributed by atoms with Gasteiger partial charge in [-0.2, -0.15) is 0 Å². The molecule has 0 spiro atoms. The van der Waals surface area contributed by atoms with E-state index >= 15 is 0 Å². The fourth-order valence-electron chi connectivity index (χ4n) is 7.41. The molecule has 338 valence electrons. The van der Waals surface area contributed by atoms with E-state index in [4.69, 9.17) is 37.9 Å². The lowest BCUT2D eigenvalue weighted by molar-refractivity contribution is -0.284. The van der Waals surface area contributed by atoms with Crippen LogP contribution in [0.1, 0.15) is 77.5 Å². The molecule has 1 aliphatic heterocycles. The zero-order valence-corrected chi connectivity index (χ0v) is 36.7. The van der Waals surface area contributed by atoms with Gasteiger partial charge in [0.05, 0.1) is 29.4 Å². The molecule has 13 heteroatoms. The quantitative estimate of drug-likeness (QED) is 0.0672. The van der Waals surface area contributed by atoms with Crippen molar-refractivity contribution in [1.82, 2.24) is 0 Å². The maximum absolute atomic E-state index is 14.2. The van der Waals surface area contributed by atoms with Gasteiger partial charge in [0, 0.05) is 18.9 Å². The molecule has 0 aromatic heterocycles. The summed E-state index contributed by atoms with van der Waals surface area (Å²) >= 11 is 0. The van der Waals surface area contributed by atoms with Crippen LogP contribution in [0.5, 0.6) is 11.5 Å². The number of aryl methyl sites for hydroxylation is 1. The molecule has 0 amide bonds. The molecule has 1 heterocycles. The molecule has 7 rings (SSSR count). The SMILES string of the molecule is COc1ccc(Cc2c(C)cc(COC(C)=O)cc2O[C@@H]2O[C@H]([C@@H](C)OC(=O)c3ccccc3)[C@@H](OC(=O)c3ccccc3)[C@H](OC(=O)c3ccccc3)[C@H]2OC(=O)c2ccccc2)cc1. The second kappa shape index (κ2) is 21.7. The third-order valence-electron chi connectivity index (χ3n) is 10.8. The zero-order valence-electron chi connectivity index (χ0n) is 36.7. The lowest BCUT2D eigenvalue weighted by Crippen LogP contribution is -2.65. The Kier molecular flexibility index (Phi) is 15.2. The number of carbonyl (C=O) groups excluding carboxylic acids is 5. The molecular weight excluding hydrogens is 845 g/mol. The van der Waals surface area contributed by atoms with Gasteiger partial charge in [-0.3, -0.25) is 4.79 Å². The summed E-state index contributed by atoms with van der Waals surface area (Å²) in [6.07, 6.45) is -8.86. The van der Waals surface area contributed by atoms with Crippen LogP contribution < -0.4 is 9.47 Å². The van der Waals surface area contributed by atoms with Crippen LogP contribution in [0.15, 0.2) is 158 Å². The highest BCUT2D eigenvalue weighted by Crippen LogP contribution is 2.37. The van der Waals surface area contributed by atoms with Crippen molar-refractivity contribution in [3.05, 3.63) is 202 Å². The first kappa shape index (κ1) is 46.2. The molecule has 6 aromatic carbocycles. The van der Waals surface area contributed by atoms with Crippen LogP contribution in [0.25, 0.3) is 0 Å². The van der Waals surface area contributed by atoms with Crippen LogP contribution in [-0.4, -0.2) is 73.8 Å². The summed E-state index contributed by atoms with van der Waals surface area (Å²) in [5, 5.41) is 0. The Morgan fingerprint density at radius 3 is 1.53 bits per heavy atom. The number of hydrogen-bond acceptors (Lipinski definition) is 13. The standard InChI is InChI=1S/C53H48O13/c1-33-29-37(32-60-35(3)54)31-44(43(33)30-36-25-27-42(59-4)28-26-36)62-53-48(65-52(58)41-23-15-8-16-24-41)47(64-51(57)40-21-13-7-14-22-40)46(63-50(56)39-19-11-6-12-20-39)45(66-53)34(2)61-49(55)38-17-9-5-10-18-38/h5-29,31,34,45-48,53H,30,32H2,1-4H3/t34-,45-,46-,47+,48-,53-/m1/s1. The first-order chi connectivity index (χ1) is 32.0. The summed E-state index contributed by atoms with van der Waals surface area (Å²) in [4.78, 5) is 68.1. The summed E-state index contributed by atoms with van der Waals surface area (Å²) < 4.78 is 49.3. The largest absolute Gasteiger partial charge is 0.497 e. The molecule has 13 nitrogen and oxygen atoms in total. The third-order valence-corrected chi connectivity index (χ3v) is 10.8. The van der Waals surface area contributed by atoms with Gasteiger partial charge >= 0.3 is 29.8 Å². The minimum Gasteiger partial charge on any atom is -0.497 e. The molecule has 0 N–H and O–H groups in total. The first-order valence-electron chi connectivity index (χ1n) is 21.2. The molecule has 0 bridgehead atoms. The van der Waals surface area contributed by atoms with E-state index in [0.717, 1.165) is 11.1 Å². The van der Waals surface area contributed by atoms with Crippen LogP contribution in [0.3, 0.4) is 0 Å². The molecule has 66 heavy (non-hydrogen) atoms. The maximum atomic E-state index is 14.2. The highest BCUT2D eigenvalue weighted by molar-refractivity contribution is 5.91. The van der Waals surface area contributed by atoms with Crippen LogP contribution in [0.2, 0.25) is 0 Å². The number of esters is 5. The Bertz CT molecular complexity index is 2600. The summed E-state index contributed by atoms with van der Waals surface area (Å²) in [7, 11) is 1.58. The Labute approximate surface area is 382 Å². The van der Waals surface area contributed by atoms with Crippen molar-refractivity contribution in [3.63, 3.8) is 0 Å². The fourth-order valence-corrected chi connectivity index (χ4v) is 7.41. The van der Waals surface area contributed by atoms with E-state index in [1.165, 1.54) is 26.0 Å². The van der Waals surface area contributed by atoms with Crippen molar-refractivity contribution in [1.29, 1.82) is 0 Å². The van der Waals surface area contributed by atoms with Gasteiger partial charge < -0.3 is 37.9 Å². The zero-order chi connectivity index (χ0) is 46.6. The van der Waals surface area contributed by atoms with Crippen LogP contribution in [-0.2, 0) is 46.2 Å². The third kappa shape index (κ3) is 11.7. The van der Waals surface area contributed by atoms with Gasteiger partial charge in [-0.05, 0) is 97.3 Å². The van der Waals surface area contributed by atoms with E-state index in [2.05, 4.69) is 0 Å². The van der Waals surface area contributed by atoms with Crippen LogP contribution in [0.4, 0.5) is 0 Å². The molecule has 6 atom stereocenters. The molecule has 0 saturated carbocycles. The number of carbonyl (C=O) groups is 5. The first-order valence-corrected chi connectivity index (χ1v) is 21.2. The summed E-state index contributed by atoms with van der Waals surface area (Å²) in [5.74, 6) is -2.85. The van der Waals surface area contributed by atoms with E-state index in [0.29, 0.717) is 23.3 Å². The van der Waals surface area contributed by atoms with E-state index in [1.807, 2.05) is 37.3 Å². The van der Waals surface area contributed by atoms with Crippen molar-refractivity contribution in [3.8, 4) is 11.5 Å². The number of hydrogen-bond donors (Lipinski definition) is 0. The monoisotopic (exact) mass is 892 g/mol. The van der Waals surface area contributed by atoms with Crippen molar-refractivity contribution >= 4 is 29.8 Å². The van der Waals surface area contributed by atoms with E-state index in [1.54, 1.807) is 122 Å².